The molecule has 2 aliphatic rings. The van der Waals surface area contributed by atoms with E-state index in [1.807, 2.05) is 25.7 Å². The molecule has 0 saturated carbocycles. The van der Waals surface area contributed by atoms with Crippen LogP contribution in [0.4, 0.5) is 4.79 Å². The number of amides is 2. The number of carbonyl (C=O) groups is 2. The molecule has 5 nitrogen and oxygen atoms in total. The van der Waals surface area contributed by atoms with E-state index < -0.39 is 11.7 Å². The van der Waals surface area contributed by atoms with Crippen LogP contribution >= 0.6 is 0 Å². The summed E-state index contributed by atoms with van der Waals surface area (Å²) in [4.78, 5) is 26.8. The molecule has 1 heterocycles. The van der Waals surface area contributed by atoms with Gasteiger partial charge in [0.15, 0.2) is 0 Å². The first-order chi connectivity index (χ1) is 13.2. The van der Waals surface area contributed by atoms with E-state index in [1.165, 1.54) is 22.3 Å². The maximum atomic E-state index is 13.0. The molecule has 1 aromatic carbocycles. The zero-order valence-corrected chi connectivity index (χ0v) is 17.7. The highest BCUT2D eigenvalue weighted by molar-refractivity contribution is 5.86. The molecular weight excluding hydrogens is 352 g/mol. The minimum Gasteiger partial charge on any atom is -0.444 e. The Balaban J connectivity index is 1.73. The number of rotatable bonds is 4. The van der Waals surface area contributed by atoms with Gasteiger partial charge in [-0.1, -0.05) is 38.1 Å². The van der Waals surface area contributed by atoms with Crippen LogP contribution in [0.3, 0.4) is 0 Å². The Hall–Kier alpha value is -2.30. The Morgan fingerprint density at radius 2 is 1.96 bits per heavy atom. The number of nitrogens with one attached hydrogen (secondary N) is 1. The molecule has 0 spiro atoms. The summed E-state index contributed by atoms with van der Waals surface area (Å²) in [5, 5.41) is 2.62. The van der Waals surface area contributed by atoms with Crippen molar-refractivity contribution in [2.45, 2.75) is 65.5 Å². The summed E-state index contributed by atoms with van der Waals surface area (Å²) in [5.74, 6) is 0.439. The summed E-state index contributed by atoms with van der Waals surface area (Å²) in [6.45, 7) is 10.5. The summed E-state index contributed by atoms with van der Waals surface area (Å²) >= 11 is 0. The van der Waals surface area contributed by atoms with Gasteiger partial charge < -0.3 is 15.0 Å². The molecule has 0 saturated heterocycles. The van der Waals surface area contributed by atoms with Crippen molar-refractivity contribution >= 4 is 17.6 Å². The van der Waals surface area contributed by atoms with Crippen LogP contribution in [0.5, 0.6) is 0 Å². The minimum absolute atomic E-state index is 0.0287. The van der Waals surface area contributed by atoms with Gasteiger partial charge in [-0.25, -0.2) is 4.79 Å². The lowest BCUT2D eigenvalue weighted by atomic mass is 9.87. The molecule has 1 N–H and O–H groups in total. The van der Waals surface area contributed by atoms with Gasteiger partial charge >= 0.3 is 6.09 Å². The molecule has 0 fully saturated rings. The summed E-state index contributed by atoms with van der Waals surface area (Å²) in [7, 11) is 0. The van der Waals surface area contributed by atoms with Gasteiger partial charge in [0.05, 0.1) is 6.04 Å². The van der Waals surface area contributed by atoms with Crippen LogP contribution in [-0.2, 0) is 16.0 Å². The number of alkyl carbamates (subject to hydrolysis) is 1. The molecule has 1 aliphatic carbocycles. The van der Waals surface area contributed by atoms with E-state index in [2.05, 4.69) is 43.4 Å². The molecule has 152 valence electrons. The van der Waals surface area contributed by atoms with Crippen molar-refractivity contribution in [1.29, 1.82) is 0 Å². The van der Waals surface area contributed by atoms with Gasteiger partial charge in [-0.05, 0) is 68.2 Å². The van der Waals surface area contributed by atoms with Crippen molar-refractivity contribution in [3.05, 3.63) is 41.0 Å². The molecule has 0 radical (unpaired) electrons. The molecular formula is C23H32N2O3. The summed E-state index contributed by atoms with van der Waals surface area (Å²) in [6.07, 6.45) is 2.18. The Kier molecular flexibility index (Phi) is 5.82. The van der Waals surface area contributed by atoms with Crippen molar-refractivity contribution in [3.8, 4) is 0 Å². The average molecular weight is 385 g/mol. The van der Waals surface area contributed by atoms with Crippen molar-refractivity contribution in [1.82, 2.24) is 10.2 Å². The monoisotopic (exact) mass is 384 g/mol. The smallest absolute Gasteiger partial charge is 0.408 e. The lowest BCUT2D eigenvalue weighted by molar-refractivity contribution is -0.132. The Labute approximate surface area is 168 Å². The summed E-state index contributed by atoms with van der Waals surface area (Å²) in [5.41, 5.74) is 4.94. The lowest BCUT2D eigenvalue weighted by Crippen LogP contribution is -2.49. The molecule has 3 rings (SSSR count). The number of fused-ring (bicyclic) bond motifs is 2. The van der Waals surface area contributed by atoms with E-state index in [1.54, 1.807) is 0 Å². The van der Waals surface area contributed by atoms with Crippen molar-refractivity contribution < 1.29 is 14.3 Å². The fraction of sp³-hybridized carbons (Fsp3) is 0.565. The third-order valence-corrected chi connectivity index (χ3v) is 5.29. The van der Waals surface area contributed by atoms with Gasteiger partial charge in [0.25, 0.3) is 0 Å². The van der Waals surface area contributed by atoms with Crippen molar-refractivity contribution in [2.75, 3.05) is 13.1 Å². The molecule has 0 bridgehead atoms. The van der Waals surface area contributed by atoms with Crippen LogP contribution in [0, 0.1) is 5.92 Å². The number of nitrogens with zero attached hydrogens (tertiary/aromatic N) is 1. The Bertz CT molecular complexity index is 789. The van der Waals surface area contributed by atoms with Gasteiger partial charge in [0.2, 0.25) is 5.91 Å². The van der Waals surface area contributed by atoms with Crippen LogP contribution in [0.1, 0.15) is 58.6 Å². The molecule has 1 aliphatic heterocycles. The first-order valence-electron chi connectivity index (χ1n) is 10.2. The highest BCUT2D eigenvalue weighted by Gasteiger charge is 2.36. The standard InChI is InChI=1S/C23H32N2O3/c1-15(2)12-20-19-13-16-8-6-7-9-17(16)18(19)10-11-25(20)21(26)14-24-22(27)28-23(3,4)5/h6-9,15,20H,10-14H2,1-5H3,(H,24,27). The first-order valence-corrected chi connectivity index (χ1v) is 10.2. The number of ether oxygens (including phenoxy) is 1. The highest BCUT2D eigenvalue weighted by atomic mass is 16.6. The van der Waals surface area contributed by atoms with Crippen LogP contribution < -0.4 is 5.32 Å². The molecule has 1 unspecified atom stereocenters. The molecule has 0 aromatic heterocycles. The van der Waals surface area contributed by atoms with Crippen LogP contribution in [0.2, 0.25) is 0 Å². The number of hydrogen-bond donors (Lipinski definition) is 1. The Morgan fingerprint density at radius 1 is 1.25 bits per heavy atom. The average Bonchev–Trinajstić information content (AvgIpc) is 2.97. The van der Waals surface area contributed by atoms with Crippen LogP contribution in [0.25, 0.3) is 5.57 Å². The highest BCUT2D eigenvalue weighted by Crippen LogP contribution is 2.42. The maximum Gasteiger partial charge on any atom is 0.408 e. The van der Waals surface area contributed by atoms with E-state index in [0.717, 1.165) is 19.3 Å². The van der Waals surface area contributed by atoms with Gasteiger partial charge in [-0.15, -0.1) is 0 Å². The van der Waals surface area contributed by atoms with Gasteiger partial charge in [-0.3, -0.25) is 4.79 Å². The first kappa shape index (κ1) is 20.4. The molecule has 2 amide bonds. The largest absolute Gasteiger partial charge is 0.444 e. The van der Waals surface area contributed by atoms with E-state index in [4.69, 9.17) is 4.74 Å². The van der Waals surface area contributed by atoms with E-state index in [0.29, 0.717) is 12.5 Å². The minimum atomic E-state index is -0.576. The van der Waals surface area contributed by atoms with Crippen molar-refractivity contribution in [2.24, 2.45) is 5.92 Å². The van der Waals surface area contributed by atoms with E-state index in [-0.39, 0.29) is 18.5 Å². The zero-order valence-electron chi connectivity index (χ0n) is 17.7. The van der Waals surface area contributed by atoms with Gasteiger partial charge in [0.1, 0.15) is 12.1 Å². The van der Waals surface area contributed by atoms with E-state index >= 15 is 0 Å². The quantitative estimate of drug-likeness (QED) is 0.848. The second-order valence-electron chi connectivity index (χ2n) is 9.18. The Morgan fingerprint density at radius 3 is 2.64 bits per heavy atom. The fourth-order valence-corrected chi connectivity index (χ4v) is 4.22. The second kappa shape index (κ2) is 7.98. The number of carbonyl (C=O) groups excluding carboxylic acids is 2. The lowest BCUT2D eigenvalue weighted by Gasteiger charge is -2.38. The zero-order chi connectivity index (χ0) is 20.5. The predicted octanol–water partition coefficient (Wildman–Crippen LogP) is 4.17. The maximum absolute atomic E-state index is 13.0. The summed E-state index contributed by atoms with van der Waals surface area (Å²) in [6, 6.07) is 8.67. The molecule has 1 atom stereocenters. The normalized spacial score (nSPS) is 18.8. The van der Waals surface area contributed by atoms with E-state index in [9.17, 15) is 9.59 Å². The molecule has 1 aromatic rings. The number of benzene rings is 1. The number of hydrogen-bond acceptors (Lipinski definition) is 3. The molecule has 5 heteroatoms. The summed E-state index contributed by atoms with van der Waals surface area (Å²) < 4.78 is 5.25. The fourth-order valence-electron chi connectivity index (χ4n) is 4.22. The SMILES string of the molecule is CC(C)CC1C2=C(CCN1C(=O)CNC(=O)OC(C)(C)C)c1ccccc1C2. The van der Waals surface area contributed by atoms with Crippen LogP contribution in [0.15, 0.2) is 29.8 Å². The second-order valence-corrected chi connectivity index (χ2v) is 9.18. The van der Waals surface area contributed by atoms with Gasteiger partial charge in [-0.2, -0.15) is 0 Å². The van der Waals surface area contributed by atoms with Gasteiger partial charge in [0, 0.05) is 6.54 Å². The van der Waals surface area contributed by atoms with Crippen molar-refractivity contribution in [3.63, 3.8) is 0 Å². The van der Waals surface area contributed by atoms with Crippen LogP contribution in [-0.4, -0.2) is 41.6 Å². The predicted molar refractivity (Wildman–Crippen MR) is 111 cm³/mol. The third-order valence-electron chi connectivity index (χ3n) is 5.29. The third kappa shape index (κ3) is 4.57. The topological polar surface area (TPSA) is 58.6 Å². The molecule has 28 heavy (non-hydrogen) atoms.